The van der Waals surface area contributed by atoms with E-state index in [0.717, 1.165) is 48.3 Å². The first-order valence-corrected chi connectivity index (χ1v) is 13.9. The van der Waals surface area contributed by atoms with E-state index in [9.17, 15) is 10.2 Å². The zero-order valence-electron chi connectivity index (χ0n) is 20.2. The van der Waals surface area contributed by atoms with Crippen LogP contribution in [0.4, 0.5) is 0 Å². The molecule has 174 valence electrons. The van der Waals surface area contributed by atoms with Crippen molar-refractivity contribution >= 4 is 0 Å². The summed E-state index contributed by atoms with van der Waals surface area (Å²) in [6.07, 6.45) is 14.6. The van der Waals surface area contributed by atoms with Crippen molar-refractivity contribution in [3.05, 3.63) is 34.4 Å². The van der Waals surface area contributed by atoms with E-state index in [4.69, 9.17) is 0 Å². The zero-order chi connectivity index (χ0) is 21.8. The molecule has 4 saturated carbocycles. The number of fused-ring (bicyclic) bond motifs is 10. The van der Waals surface area contributed by atoms with Crippen molar-refractivity contribution in [3.8, 4) is 0 Å². The Hall–Kier alpha value is -0.860. The van der Waals surface area contributed by atoms with Gasteiger partial charge in [-0.25, -0.2) is 0 Å². The molecule has 0 saturated heterocycles. The van der Waals surface area contributed by atoms with Crippen LogP contribution in [-0.2, 0) is 12.8 Å². The minimum Gasteiger partial charge on any atom is -0.393 e. The van der Waals surface area contributed by atoms with Crippen molar-refractivity contribution in [1.82, 2.24) is 0 Å². The van der Waals surface area contributed by atoms with Gasteiger partial charge in [0, 0.05) is 0 Å². The lowest BCUT2D eigenvalue weighted by Gasteiger charge is -2.52. The number of hydrogen-bond donors (Lipinski definition) is 2. The van der Waals surface area contributed by atoms with E-state index in [1.807, 2.05) is 0 Å². The highest BCUT2D eigenvalue weighted by Crippen LogP contribution is 2.63. The maximum absolute atomic E-state index is 10.7. The fourth-order valence-electron chi connectivity index (χ4n) is 10.6. The lowest BCUT2D eigenvalue weighted by atomic mass is 9.53. The predicted octanol–water partition coefficient (Wildman–Crippen LogP) is 6.12. The second-order valence-corrected chi connectivity index (χ2v) is 13.4. The second-order valence-electron chi connectivity index (χ2n) is 13.4. The number of aryl methyl sites for hydroxylation is 2. The molecule has 4 fully saturated rings. The Bertz CT molecular complexity index is 861. The zero-order valence-corrected chi connectivity index (χ0v) is 20.2. The first-order chi connectivity index (χ1) is 15.4. The van der Waals surface area contributed by atoms with Gasteiger partial charge in [0.2, 0.25) is 0 Å². The average molecular weight is 435 g/mol. The number of aliphatic hydroxyl groups is 2. The van der Waals surface area contributed by atoms with Gasteiger partial charge in [0.15, 0.2) is 0 Å². The summed E-state index contributed by atoms with van der Waals surface area (Å²) in [7, 11) is 0. The van der Waals surface area contributed by atoms with Crippen LogP contribution >= 0.6 is 0 Å². The molecule has 1 aromatic carbocycles. The Morgan fingerprint density at radius 2 is 1.06 bits per heavy atom. The first-order valence-electron chi connectivity index (χ1n) is 13.9. The fraction of sp³-hybridized carbons (Fsp3) is 0.800. The second kappa shape index (κ2) is 6.85. The summed E-state index contributed by atoms with van der Waals surface area (Å²) < 4.78 is 0. The summed E-state index contributed by atoms with van der Waals surface area (Å²) >= 11 is 0. The van der Waals surface area contributed by atoms with Crippen LogP contribution in [-0.4, -0.2) is 22.4 Å². The van der Waals surface area contributed by atoms with Crippen molar-refractivity contribution in [2.75, 3.05) is 0 Å². The van der Waals surface area contributed by atoms with Crippen LogP contribution in [0.1, 0.15) is 112 Å². The van der Waals surface area contributed by atoms with Crippen LogP contribution in [0.2, 0.25) is 0 Å². The maximum Gasteiger partial charge on any atom is 0.0596 e. The largest absolute Gasteiger partial charge is 0.393 e. The molecule has 0 heterocycles. The molecule has 0 amide bonds. The fourth-order valence-corrected chi connectivity index (χ4v) is 10.6. The molecule has 6 aliphatic rings. The van der Waals surface area contributed by atoms with Crippen LogP contribution in [0.25, 0.3) is 0 Å². The molecule has 0 aromatic heterocycles. The average Bonchev–Trinajstić information content (AvgIpc) is 3.27. The maximum atomic E-state index is 10.7. The summed E-state index contributed by atoms with van der Waals surface area (Å²) in [4.78, 5) is 0. The lowest BCUT2D eigenvalue weighted by molar-refractivity contribution is -0.0237. The lowest BCUT2D eigenvalue weighted by Crippen LogP contribution is -2.45. The monoisotopic (exact) mass is 434 g/mol. The summed E-state index contributed by atoms with van der Waals surface area (Å²) in [5.74, 6) is 4.53. The minimum atomic E-state index is -0.0681. The van der Waals surface area contributed by atoms with Crippen molar-refractivity contribution in [3.63, 3.8) is 0 Å². The predicted molar refractivity (Wildman–Crippen MR) is 128 cm³/mol. The van der Waals surface area contributed by atoms with Crippen molar-refractivity contribution < 1.29 is 10.2 Å². The smallest absolute Gasteiger partial charge is 0.0596 e. The first kappa shape index (κ1) is 20.5. The molecular formula is C30H42O2. The van der Waals surface area contributed by atoms with E-state index in [2.05, 4.69) is 26.0 Å². The molecule has 0 spiro atoms. The summed E-state index contributed by atoms with van der Waals surface area (Å²) in [6, 6.07) is 5.37. The third-order valence-corrected chi connectivity index (χ3v) is 12.5. The molecule has 0 radical (unpaired) electrons. The minimum absolute atomic E-state index is 0.0681. The molecule has 32 heavy (non-hydrogen) atoms. The van der Waals surface area contributed by atoms with Crippen LogP contribution in [0.15, 0.2) is 12.1 Å². The number of hydrogen-bond acceptors (Lipinski definition) is 2. The van der Waals surface area contributed by atoms with Gasteiger partial charge >= 0.3 is 0 Å². The Morgan fingerprint density at radius 1 is 0.625 bits per heavy atom. The van der Waals surface area contributed by atoms with Crippen molar-refractivity contribution in [1.29, 1.82) is 0 Å². The Kier molecular flexibility index (Phi) is 4.39. The molecule has 6 aliphatic carbocycles. The SMILES string of the molecule is C[C@]12CC[C@H]3c4cc5c(cc4CC[C@H]3[C@@H]1CC[C@@H]2O)[C@@H]1CC[C@]2(C)[C@@H](O)CC[C@H]2[C@@H]1CC5. The third-order valence-electron chi connectivity index (χ3n) is 12.5. The Balaban J connectivity index is 1.22. The number of aliphatic hydroxyl groups excluding tert-OH is 2. The van der Waals surface area contributed by atoms with Crippen molar-refractivity contribution in [2.24, 2.45) is 34.5 Å². The summed E-state index contributed by atoms with van der Waals surface area (Å²) in [5, 5.41) is 21.4. The van der Waals surface area contributed by atoms with Crippen LogP contribution in [0.3, 0.4) is 0 Å². The standard InChI is InChI=1S/C30H42O2/c1-29-13-11-19-21(25(29)7-9-27(29)31)5-3-17-16-24-18(15-23(17)19)4-6-22-20(24)12-14-30(2)26(22)8-10-28(30)32/h15-16,19-22,25-28,31-32H,3-14H2,1-2H3/t19-,20-,21-,22-,25+,26+,27+,28+,29+,30+/m1/s1. The molecular weight excluding hydrogens is 392 g/mol. The van der Waals surface area contributed by atoms with Gasteiger partial charge in [-0.3, -0.25) is 0 Å². The van der Waals surface area contributed by atoms with Crippen LogP contribution in [0.5, 0.6) is 0 Å². The van der Waals surface area contributed by atoms with Gasteiger partial charge in [-0.2, -0.15) is 0 Å². The van der Waals surface area contributed by atoms with Crippen LogP contribution in [0, 0.1) is 34.5 Å². The third kappa shape index (κ3) is 2.55. The van der Waals surface area contributed by atoms with E-state index in [0.29, 0.717) is 0 Å². The van der Waals surface area contributed by atoms with Gasteiger partial charge in [-0.15, -0.1) is 0 Å². The molecule has 0 bridgehead atoms. The molecule has 7 rings (SSSR count). The van der Waals surface area contributed by atoms with E-state index in [-0.39, 0.29) is 23.0 Å². The quantitative estimate of drug-likeness (QED) is 0.516. The molecule has 0 aliphatic heterocycles. The van der Waals surface area contributed by atoms with Crippen LogP contribution < -0.4 is 0 Å². The van der Waals surface area contributed by atoms with Gasteiger partial charge in [0.1, 0.15) is 0 Å². The van der Waals surface area contributed by atoms with Gasteiger partial charge in [0.05, 0.1) is 12.2 Å². The highest BCUT2D eigenvalue weighted by molar-refractivity contribution is 5.46. The highest BCUT2D eigenvalue weighted by Gasteiger charge is 2.56. The molecule has 1 aromatic rings. The Morgan fingerprint density at radius 3 is 1.50 bits per heavy atom. The Labute approximate surface area is 194 Å². The normalized spacial score (nSPS) is 51.1. The molecule has 2 nitrogen and oxygen atoms in total. The summed E-state index contributed by atoms with van der Waals surface area (Å²) in [5.41, 5.74) is 7.12. The molecule has 10 atom stereocenters. The van der Waals surface area contributed by atoms with Gasteiger partial charge < -0.3 is 10.2 Å². The molecule has 2 N–H and O–H groups in total. The summed E-state index contributed by atoms with van der Waals surface area (Å²) in [6.45, 7) is 4.79. The van der Waals surface area contributed by atoms with E-state index in [1.165, 1.54) is 64.2 Å². The molecule has 0 unspecified atom stereocenters. The van der Waals surface area contributed by atoms with Crippen molar-refractivity contribution in [2.45, 2.75) is 115 Å². The van der Waals surface area contributed by atoms with E-state index in [1.54, 1.807) is 22.3 Å². The topological polar surface area (TPSA) is 40.5 Å². The van der Waals surface area contributed by atoms with Gasteiger partial charge in [-0.1, -0.05) is 26.0 Å². The number of rotatable bonds is 0. The van der Waals surface area contributed by atoms with Gasteiger partial charge in [-0.05, 0) is 146 Å². The van der Waals surface area contributed by atoms with E-state index < -0.39 is 0 Å². The highest BCUT2D eigenvalue weighted by atomic mass is 16.3. The van der Waals surface area contributed by atoms with E-state index >= 15 is 0 Å². The van der Waals surface area contributed by atoms with Gasteiger partial charge in [0.25, 0.3) is 0 Å². The number of benzene rings is 1. The molecule has 2 heteroatoms.